The number of benzene rings is 1. The van der Waals surface area contributed by atoms with Gasteiger partial charge in [-0.15, -0.1) is 0 Å². The Labute approximate surface area is 120 Å². The summed E-state index contributed by atoms with van der Waals surface area (Å²) in [7, 11) is 2.22. The Bertz CT molecular complexity index is 556. The summed E-state index contributed by atoms with van der Waals surface area (Å²) < 4.78 is 0. The zero-order valence-electron chi connectivity index (χ0n) is 12.1. The van der Waals surface area contributed by atoms with Gasteiger partial charge in [0.25, 0.3) is 0 Å². The van der Waals surface area contributed by atoms with Crippen LogP contribution in [0.3, 0.4) is 0 Å². The number of piperidine rings is 1. The van der Waals surface area contributed by atoms with E-state index in [9.17, 15) is 10.2 Å². The topological polar surface area (TPSA) is 43.7 Å². The molecule has 3 heteroatoms. The van der Waals surface area contributed by atoms with Crippen LogP contribution in [0.1, 0.15) is 43.2 Å². The van der Waals surface area contributed by atoms with E-state index in [2.05, 4.69) is 18.0 Å². The normalized spacial score (nSPS) is 36.2. The summed E-state index contributed by atoms with van der Waals surface area (Å²) >= 11 is 0. The third-order valence-electron chi connectivity index (χ3n) is 6.25. The average Bonchev–Trinajstić information content (AvgIpc) is 2.47. The Hall–Kier alpha value is -1.22. The summed E-state index contributed by atoms with van der Waals surface area (Å²) in [4.78, 5) is 2.47. The first-order valence-corrected chi connectivity index (χ1v) is 7.88. The van der Waals surface area contributed by atoms with Gasteiger partial charge in [-0.1, -0.05) is 18.9 Å². The second kappa shape index (κ2) is 4.14. The number of likely N-dealkylation sites (tertiary alicyclic amines) is 1. The summed E-state index contributed by atoms with van der Waals surface area (Å²) in [6, 6.07) is 4.31. The SMILES string of the molecule is CN1CC[C@]23CCCC[C@H]2[C@H]1Cc1c3ccc(O)c1O. The maximum Gasteiger partial charge on any atom is 0.161 e. The first-order chi connectivity index (χ1) is 9.63. The zero-order valence-corrected chi connectivity index (χ0v) is 12.1. The molecule has 2 bridgehead atoms. The lowest BCUT2D eigenvalue weighted by Crippen LogP contribution is -2.59. The number of aromatic hydroxyl groups is 2. The van der Waals surface area contributed by atoms with Gasteiger partial charge in [0.2, 0.25) is 0 Å². The van der Waals surface area contributed by atoms with Crippen LogP contribution in [0.5, 0.6) is 11.5 Å². The first kappa shape index (κ1) is 12.5. The maximum absolute atomic E-state index is 10.3. The van der Waals surface area contributed by atoms with Gasteiger partial charge in [-0.2, -0.15) is 0 Å². The Morgan fingerprint density at radius 2 is 2.05 bits per heavy atom. The molecule has 1 aliphatic heterocycles. The molecule has 4 rings (SSSR count). The fourth-order valence-corrected chi connectivity index (χ4v) is 5.26. The molecular weight excluding hydrogens is 250 g/mol. The van der Waals surface area contributed by atoms with E-state index in [1.807, 2.05) is 0 Å². The van der Waals surface area contributed by atoms with E-state index in [4.69, 9.17) is 0 Å². The van der Waals surface area contributed by atoms with Crippen molar-refractivity contribution >= 4 is 0 Å². The molecule has 3 aliphatic rings. The van der Waals surface area contributed by atoms with Crippen molar-refractivity contribution in [3.63, 3.8) is 0 Å². The lowest BCUT2D eigenvalue weighted by atomic mass is 9.52. The predicted molar refractivity (Wildman–Crippen MR) is 78.1 cm³/mol. The van der Waals surface area contributed by atoms with Crippen LogP contribution in [0.4, 0.5) is 0 Å². The minimum absolute atomic E-state index is 0.0372. The highest BCUT2D eigenvalue weighted by molar-refractivity contribution is 5.54. The molecule has 1 saturated heterocycles. The number of hydrogen-bond donors (Lipinski definition) is 2. The zero-order chi connectivity index (χ0) is 13.9. The lowest BCUT2D eigenvalue weighted by molar-refractivity contribution is 0.00217. The molecule has 0 unspecified atom stereocenters. The van der Waals surface area contributed by atoms with E-state index in [0.29, 0.717) is 6.04 Å². The van der Waals surface area contributed by atoms with Crippen LogP contribution in [0.2, 0.25) is 0 Å². The Morgan fingerprint density at radius 3 is 2.90 bits per heavy atom. The van der Waals surface area contributed by atoms with Crippen molar-refractivity contribution in [3.05, 3.63) is 23.3 Å². The van der Waals surface area contributed by atoms with Crippen molar-refractivity contribution in [2.75, 3.05) is 13.6 Å². The Balaban J connectivity index is 1.93. The van der Waals surface area contributed by atoms with Crippen LogP contribution in [-0.4, -0.2) is 34.7 Å². The number of fused-ring (bicyclic) bond motifs is 1. The van der Waals surface area contributed by atoms with Gasteiger partial charge in [-0.3, -0.25) is 0 Å². The summed E-state index contributed by atoms with van der Waals surface area (Å²) in [5, 5.41) is 20.1. The van der Waals surface area contributed by atoms with Crippen LogP contribution >= 0.6 is 0 Å². The molecule has 1 saturated carbocycles. The van der Waals surface area contributed by atoms with E-state index in [-0.39, 0.29) is 16.9 Å². The van der Waals surface area contributed by atoms with E-state index in [0.717, 1.165) is 24.4 Å². The van der Waals surface area contributed by atoms with Gasteiger partial charge in [0.05, 0.1) is 0 Å². The monoisotopic (exact) mass is 273 g/mol. The van der Waals surface area contributed by atoms with Crippen molar-refractivity contribution in [1.82, 2.24) is 4.90 Å². The molecule has 3 nitrogen and oxygen atoms in total. The van der Waals surface area contributed by atoms with Gasteiger partial charge in [-0.25, -0.2) is 0 Å². The number of rotatable bonds is 0. The van der Waals surface area contributed by atoms with Crippen LogP contribution in [-0.2, 0) is 11.8 Å². The average molecular weight is 273 g/mol. The van der Waals surface area contributed by atoms with Crippen molar-refractivity contribution in [2.45, 2.75) is 50.0 Å². The number of hydrogen-bond acceptors (Lipinski definition) is 3. The van der Waals surface area contributed by atoms with Crippen LogP contribution in [0.25, 0.3) is 0 Å². The number of phenolic OH excluding ortho intramolecular Hbond substituents is 2. The van der Waals surface area contributed by atoms with E-state index in [1.54, 1.807) is 6.07 Å². The highest BCUT2D eigenvalue weighted by atomic mass is 16.3. The number of phenols is 2. The van der Waals surface area contributed by atoms with Crippen molar-refractivity contribution in [1.29, 1.82) is 0 Å². The van der Waals surface area contributed by atoms with Crippen molar-refractivity contribution in [3.8, 4) is 11.5 Å². The van der Waals surface area contributed by atoms with Gasteiger partial charge in [-0.05, 0) is 56.8 Å². The highest BCUT2D eigenvalue weighted by Crippen LogP contribution is 2.57. The fourth-order valence-electron chi connectivity index (χ4n) is 5.26. The molecule has 2 N–H and O–H groups in total. The highest BCUT2D eigenvalue weighted by Gasteiger charge is 2.53. The van der Waals surface area contributed by atoms with Gasteiger partial charge in [0, 0.05) is 17.0 Å². The molecule has 0 amide bonds. The fraction of sp³-hybridized carbons (Fsp3) is 0.647. The molecule has 0 aromatic heterocycles. The molecule has 108 valence electrons. The first-order valence-electron chi connectivity index (χ1n) is 7.88. The molecular formula is C17H23NO2. The summed E-state index contributed by atoms with van der Waals surface area (Å²) in [5.41, 5.74) is 2.61. The number of nitrogens with zero attached hydrogens (tertiary/aromatic N) is 1. The maximum atomic E-state index is 10.3. The van der Waals surface area contributed by atoms with Crippen LogP contribution < -0.4 is 0 Å². The molecule has 2 fully saturated rings. The van der Waals surface area contributed by atoms with Crippen LogP contribution in [0, 0.1) is 5.92 Å². The standard InChI is InChI=1S/C17H23NO2/c1-18-9-8-17-7-3-2-4-13(17)14(18)10-11-12(17)5-6-15(19)16(11)20/h5-6,13-14,19-20H,2-4,7-10H2,1H3/t13-,14+,17-/m0/s1. The van der Waals surface area contributed by atoms with Crippen LogP contribution in [0.15, 0.2) is 12.1 Å². The Kier molecular flexibility index (Phi) is 2.59. The minimum atomic E-state index is 0.0372. The van der Waals surface area contributed by atoms with E-state index >= 15 is 0 Å². The smallest absolute Gasteiger partial charge is 0.161 e. The molecule has 20 heavy (non-hydrogen) atoms. The third kappa shape index (κ3) is 1.44. The summed E-state index contributed by atoms with van der Waals surface area (Å²) in [5.74, 6) is 0.896. The van der Waals surface area contributed by atoms with Crippen molar-refractivity contribution < 1.29 is 10.2 Å². The second-order valence-corrected chi connectivity index (χ2v) is 6.97. The molecule has 1 aromatic carbocycles. The van der Waals surface area contributed by atoms with Gasteiger partial charge >= 0.3 is 0 Å². The quantitative estimate of drug-likeness (QED) is 0.714. The minimum Gasteiger partial charge on any atom is -0.504 e. The largest absolute Gasteiger partial charge is 0.504 e. The molecule has 1 heterocycles. The predicted octanol–water partition coefficient (Wildman–Crippen LogP) is 2.79. The van der Waals surface area contributed by atoms with Gasteiger partial charge in [0.15, 0.2) is 11.5 Å². The number of likely N-dealkylation sites (N-methyl/N-ethyl adjacent to an activating group) is 1. The molecule has 0 radical (unpaired) electrons. The lowest BCUT2D eigenvalue weighted by Gasteiger charge is -2.58. The Morgan fingerprint density at radius 1 is 1.20 bits per heavy atom. The molecule has 2 aliphatic carbocycles. The molecule has 3 atom stereocenters. The van der Waals surface area contributed by atoms with Gasteiger partial charge < -0.3 is 15.1 Å². The second-order valence-electron chi connectivity index (χ2n) is 6.97. The summed E-state index contributed by atoms with van der Waals surface area (Å²) in [6.45, 7) is 1.16. The molecule has 0 spiro atoms. The van der Waals surface area contributed by atoms with E-state index < -0.39 is 0 Å². The molecule has 1 aromatic rings. The van der Waals surface area contributed by atoms with Gasteiger partial charge in [0.1, 0.15) is 0 Å². The van der Waals surface area contributed by atoms with Crippen molar-refractivity contribution in [2.24, 2.45) is 5.92 Å². The summed E-state index contributed by atoms with van der Waals surface area (Å²) in [6.07, 6.45) is 7.29. The van der Waals surface area contributed by atoms with E-state index in [1.165, 1.54) is 37.7 Å². The third-order valence-corrected chi connectivity index (χ3v) is 6.25.